The van der Waals surface area contributed by atoms with Gasteiger partial charge in [-0.2, -0.15) is 0 Å². The third-order valence-electron chi connectivity index (χ3n) is 4.62. The number of primary amides is 1. The lowest BCUT2D eigenvalue weighted by molar-refractivity contribution is -0.134. The zero-order valence-electron chi connectivity index (χ0n) is 17.1. The number of aryl methyl sites for hydroxylation is 1. The number of nitrogens with zero attached hydrogens (tertiary/aromatic N) is 1. The van der Waals surface area contributed by atoms with Crippen LogP contribution in [-0.4, -0.2) is 65.1 Å². The van der Waals surface area contributed by atoms with Gasteiger partial charge in [-0.15, -0.1) is 0 Å². The smallest absolute Gasteiger partial charge is 0.250 e. The minimum Gasteiger partial charge on any atom is -0.372 e. The molecule has 1 aromatic carbocycles. The van der Waals surface area contributed by atoms with Crippen molar-refractivity contribution in [3.8, 4) is 0 Å². The van der Waals surface area contributed by atoms with Crippen LogP contribution in [0.15, 0.2) is 24.3 Å². The zero-order valence-corrected chi connectivity index (χ0v) is 18.8. The average molecular weight is 468 g/mol. The number of likely N-dealkylation sites (tertiary alicyclic amines) is 1. The molecule has 3 rings (SSSR count). The number of ether oxygens (including phenoxy) is 1. The number of carbonyl (C=O) groups excluding carboxylic acids is 5. The normalized spacial score (nSPS) is 15.6. The number of amides is 3. The minimum atomic E-state index is -1.02. The van der Waals surface area contributed by atoms with Gasteiger partial charge in [-0.1, -0.05) is 33.7 Å². The summed E-state index contributed by atoms with van der Waals surface area (Å²) in [5.74, 6) is -0.710. The fraction of sp³-hybridized carbons (Fsp3) is 0.450. The number of benzene rings is 1. The molecule has 2 heterocycles. The highest BCUT2D eigenvalue weighted by Gasteiger charge is 2.57. The van der Waals surface area contributed by atoms with Gasteiger partial charge in [0.25, 0.3) is 0 Å². The molecule has 168 valence electrons. The van der Waals surface area contributed by atoms with Gasteiger partial charge in [0, 0.05) is 25.2 Å². The molecular weight excluding hydrogens is 442 g/mol. The molecule has 0 radical (unpaired) electrons. The Balaban J connectivity index is 0.00000107. The molecule has 3 N–H and O–H groups in total. The first-order valence-electron chi connectivity index (χ1n) is 9.63. The Morgan fingerprint density at radius 2 is 1.77 bits per heavy atom. The summed E-state index contributed by atoms with van der Waals surface area (Å²) in [7, 11) is 2.44. The van der Waals surface area contributed by atoms with Gasteiger partial charge in [0.2, 0.25) is 18.2 Å². The number of nitrogens with two attached hydrogens (primary N) is 1. The Labute approximate surface area is 188 Å². The molecule has 2 saturated heterocycles. The molecule has 0 saturated carbocycles. The number of hydrogen-bond acceptors (Lipinski definition) is 8. The Hall–Kier alpha value is -2.37. The van der Waals surface area contributed by atoms with Crippen molar-refractivity contribution in [3.63, 3.8) is 0 Å². The van der Waals surface area contributed by atoms with Gasteiger partial charge >= 0.3 is 0 Å². The summed E-state index contributed by atoms with van der Waals surface area (Å²) in [6, 6.07) is 7.30. The maximum absolute atomic E-state index is 12.0. The van der Waals surface area contributed by atoms with Crippen LogP contribution in [0.5, 0.6) is 0 Å². The number of nitrogens with one attached hydrogen (secondary N) is 1. The summed E-state index contributed by atoms with van der Waals surface area (Å²) < 4.78 is 4.13. The van der Waals surface area contributed by atoms with Gasteiger partial charge in [0.15, 0.2) is 15.6 Å². The van der Waals surface area contributed by atoms with Gasteiger partial charge < -0.3 is 20.7 Å². The molecule has 2 aliphatic heterocycles. The first-order valence-corrected chi connectivity index (χ1v) is 11.8. The minimum absolute atomic E-state index is 0.185. The molecule has 9 nitrogen and oxygen atoms in total. The number of Topliss-reactive ketones (excluding diaryl/α,β-unsaturated/α-hetero) is 2. The highest BCUT2D eigenvalue weighted by atomic mass is 33.2. The Bertz CT molecular complexity index is 823. The zero-order chi connectivity index (χ0) is 22.9. The summed E-state index contributed by atoms with van der Waals surface area (Å²) in [5.41, 5.74) is 5.81. The lowest BCUT2D eigenvalue weighted by atomic mass is 10.1. The fourth-order valence-corrected chi connectivity index (χ4v) is 4.84. The predicted molar refractivity (Wildman–Crippen MR) is 119 cm³/mol. The SMILES string of the molecule is CC(=O)C1(C(=O)COCC(=O)Nc2ccc(CCC(=O)N3CCC3)cc2)SS1.NC=O. The van der Waals surface area contributed by atoms with E-state index in [0.29, 0.717) is 18.5 Å². The van der Waals surface area contributed by atoms with E-state index in [-0.39, 0.29) is 43.0 Å². The maximum atomic E-state index is 12.0. The molecule has 0 aromatic heterocycles. The number of carbonyl (C=O) groups is 5. The molecule has 2 aliphatic rings. The molecule has 0 unspecified atom stereocenters. The highest BCUT2D eigenvalue weighted by molar-refractivity contribution is 8.94. The van der Waals surface area contributed by atoms with Gasteiger partial charge in [-0.25, -0.2) is 0 Å². The van der Waals surface area contributed by atoms with Crippen LogP contribution in [0.3, 0.4) is 0 Å². The summed E-state index contributed by atoms with van der Waals surface area (Å²) in [5, 5.41) is 2.69. The number of hydrogen-bond donors (Lipinski definition) is 2. The van der Waals surface area contributed by atoms with E-state index in [2.05, 4.69) is 11.1 Å². The summed E-state index contributed by atoms with van der Waals surface area (Å²) in [6.45, 7) is 2.58. The van der Waals surface area contributed by atoms with E-state index in [4.69, 9.17) is 9.53 Å². The molecule has 3 amide bonds. The predicted octanol–water partition coefficient (Wildman–Crippen LogP) is 1.16. The number of ketones is 2. The molecule has 0 atom stereocenters. The second-order valence-corrected chi connectivity index (χ2v) is 9.69. The standard InChI is InChI=1S/C19H22N2O5S2.CH3NO/c1-13(22)19(27-28-19)16(23)11-26-12-17(24)20-15-6-3-14(4-7-15)5-8-18(25)21-9-2-10-21;2-1-3/h3-4,6-7H,2,5,8-12H2,1H3,(H,20,24);1H,(H2,2,3). The Morgan fingerprint density at radius 1 is 1.16 bits per heavy atom. The van der Waals surface area contributed by atoms with Gasteiger partial charge in [-0.3, -0.25) is 24.0 Å². The van der Waals surface area contributed by atoms with Crippen LogP contribution >= 0.6 is 21.6 Å². The largest absolute Gasteiger partial charge is 0.372 e. The van der Waals surface area contributed by atoms with E-state index in [1.54, 1.807) is 12.1 Å². The van der Waals surface area contributed by atoms with Crippen molar-refractivity contribution in [1.29, 1.82) is 0 Å². The first-order chi connectivity index (χ1) is 14.8. The molecule has 31 heavy (non-hydrogen) atoms. The Morgan fingerprint density at radius 3 is 2.26 bits per heavy atom. The molecule has 0 bridgehead atoms. The van der Waals surface area contributed by atoms with E-state index >= 15 is 0 Å². The van der Waals surface area contributed by atoms with Crippen molar-refractivity contribution in [1.82, 2.24) is 4.90 Å². The quantitative estimate of drug-likeness (QED) is 0.226. The average Bonchev–Trinajstić information content (AvgIpc) is 3.49. The van der Waals surface area contributed by atoms with Crippen molar-refractivity contribution in [2.75, 3.05) is 31.6 Å². The summed E-state index contributed by atoms with van der Waals surface area (Å²) >= 11 is 0. The monoisotopic (exact) mass is 467 g/mol. The van der Waals surface area contributed by atoms with Crippen molar-refractivity contribution in [3.05, 3.63) is 29.8 Å². The molecule has 0 aliphatic carbocycles. The second kappa shape index (κ2) is 11.9. The van der Waals surface area contributed by atoms with Crippen LogP contribution in [0.25, 0.3) is 0 Å². The molecule has 1 aromatic rings. The highest BCUT2D eigenvalue weighted by Crippen LogP contribution is 2.65. The second-order valence-electron chi connectivity index (χ2n) is 6.87. The third-order valence-corrected chi connectivity index (χ3v) is 7.65. The van der Waals surface area contributed by atoms with Crippen molar-refractivity contribution < 1.29 is 28.7 Å². The number of rotatable bonds is 10. The lowest BCUT2D eigenvalue weighted by Crippen LogP contribution is -2.42. The van der Waals surface area contributed by atoms with Crippen molar-refractivity contribution >= 4 is 57.1 Å². The van der Waals surface area contributed by atoms with Crippen LogP contribution in [0.4, 0.5) is 5.69 Å². The van der Waals surface area contributed by atoms with E-state index < -0.39 is 4.08 Å². The lowest BCUT2D eigenvalue weighted by Gasteiger charge is -2.30. The Kier molecular flexibility index (Phi) is 9.53. The van der Waals surface area contributed by atoms with Crippen LogP contribution in [0.1, 0.15) is 25.3 Å². The molecule has 2 fully saturated rings. The molecular formula is C20H25N3O6S2. The van der Waals surface area contributed by atoms with Crippen LogP contribution in [0, 0.1) is 0 Å². The fourth-order valence-electron chi connectivity index (χ4n) is 2.71. The first kappa shape index (κ1) is 24.9. The number of anilines is 1. The third kappa shape index (κ3) is 7.37. The van der Waals surface area contributed by atoms with E-state index in [9.17, 15) is 19.2 Å². The van der Waals surface area contributed by atoms with Gasteiger partial charge in [-0.05, 0) is 37.5 Å². The van der Waals surface area contributed by atoms with E-state index in [1.807, 2.05) is 17.0 Å². The van der Waals surface area contributed by atoms with Crippen LogP contribution in [0.2, 0.25) is 0 Å². The maximum Gasteiger partial charge on any atom is 0.250 e. The molecule has 0 spiro atoms. The van der Waals surface area contributed by atoms with E-state index in [0.717, 1.165) is 25.1 Å². The summed E-state index contributed by atoms with van der Waals surface area (Å²) in [6.07, 6.45) is 2.50. The van der Waals surface area contributed by atoms with Gasteiger partial charge in [0.05, 0.1) is 0 Å². The van der Waals surface area contributed by atoms with Gasteiger partial charge in [0.1, 0.15) is 13.2 Å². The van der Waals surface area contributed by atoms with E-state index in [1.165, 1.54) is 28.5 Å². The topological polar surface area (TPSA) is 136 Å². The van der Waals surface area contributed by atoms with Crippen molar-refractivity contribution in [2.45, 2.75) is 30.3 Å². The molecule has 11 heteroatoms. The van der Waals surface area contributed by atoms with Crippen LogP contribution < -0.4 is 11.1 Å². The summed E-state index contributed by atoms with van der Waals surface area (Å²) in [4.78, 5) is 57.7. The van der Waals surface area contributed by atoms with Crippen LogP contribution in [-0.2, 0) is 35.1 Å². The van der Waals surface area contributed by atoms with Crippen molar-refractivity contribution in [2.24, 2.45) is 5.73 Å².